The summed E-state index contributed by atoms with van der Waals surface area (Å²) in [7, 11) is -2.63. The van der Waals surface area contributed by atoms with E-state index in [1.165, 1.54) is 10.4 Å². The van der Waals surface area contributed by atoms with Crippen LogP contribution in [0.3, 0.4) is 0 Å². The van der Waals surface area contributed by atoms with Crippen molar-refractivity contribution in [2.45, 2.75) is 63.8 Å². The van der Waals surface area contributed by atoms with Crippen LogP contribution in [-0.2, 0) is 9.16 Å². The molecule has 2 aromatic carbocycles. The minimum absolute atomic E-state index is 0.0349. The molecule has 32 heavy (non-hydrogen) atoms. The van der Waals surface area contributed by atoms with E-state index in [2.05, 4.69) is 105 Å². The lowest BCUT2D eigenvalue weighted by atomic mass is 9.88. The average Bonchev–Trinajstić information content (AvgIpc) is 3.21. The van der Waals surface area contributed by atoms with Crippen LogP contribution in [0.15, 0.2) is 60.7 Å². The minimum atomic E-state index is -2.63. The molecule has 2 aliphatic heterocycles. The maximum absolute atomic E-state index is 7.60. The van der Waals surface area contributed by atoms with Gasteiger partial charge in [0, 0.05) is 25.7 Å². The SMILES string of the molecule is CC[C@]1(N2CCNC[C@@H]2C)COC[C@H]1O[Si](c1ccccc1)(c1ccccc1)C(C)(C)C. The first kappa shape index (κ1) is 23.6. The summed E-state index contributed by atoms with van der Waals surface area (Å²) >= 11 is 0. The van der Waals surface area contributed by atoms with Gasteiger partial charge in [-0.05, 0) is 28.8 Å². The van der Waals surface area contributed by atoms with Crippen LogP contribution in [0.25, 0.3) is 0 Å². The number of rotatable bonds is 6. The highest BCUT2D eigenvalue weighted by molar-refractivity contribution is 6.99. The molecule has 0 spiro atoms. The lowest BCUT2D eigenvalue weighted by Crippen LogP contribution is -2.72. The summed E-state index contributed by atoms with van der Waals surface area (Å²) in [4.78, 5) is 2.68. The fourth-order valence-corrected chi connectivity index (χ4v) is 10.7. The van der Waals surface area contributed by atoms with E-state index < -0.39 is 8.32 Å². The Kier molecular flexibility index (Phi) is 6.94. The van der Waals surface area contributed by atoms with Gasteiger partial charge in [-0.3, -0.25) is 4.90 Å². The fraction of sp³-hybridized carbons (Fsp3) is 0.556. The Balaban J connectivity index is 1.84. The zero-order chi connectivity index (χ0) is 22.8. The summed E-state index contributed by atoms with van der Waals surface area (Å²) < 4.78 is 13.8. The van der Waals surface area contributed by atoms with Gasteiger partial charge in [0.1, 0.15) is 0 Å². The van der Waals surface area contributed by atoms with Crippen LogP contribution in [0.1, 0.15) is 41.0 Å². The molecule has 0 amide bonds. The van der Waals surface area contributed by atoms with Crippen molar-refractivity contribution in [1.82, 2.24) is 10.2 Å². The molecule has 0 saturated carbocycles. The van der Waals surface area contributed by atoms with E-state index in [9.17, 15) is 0 Å². The maximum Gasteiger partial charge on any atom is 0.261 e. The summed E-state index contributed by atoms with van der Waals surface area (Å²) in [5, 5.41) is 6.19. The van der Waals surface area contributed by atoms with Crippen molar-refractivity contribution >= 4 is 18.7 Å². The predicted molar refractivity (Wildman–Crippen MR) is 135 cm³/mol. The normalized spacial score (nSPS) is 27.5. The molecule has 2 aliphatic rings. The Hall–Kier alpha value is -1.50. The van der Waals surface area contributed by atoms with Crippen molar-refractivity contribution in [2.75, 3.05) is 32.8 Å². The van der Waals surface area contributed by atoms with E-state index >= 15 is 0 Å². The molecule has 2 aromatic rings. The number of benzene rings is 2. The summed E-state index contributed by atoms with van der Waals surface area (Å²) in [6, 6.07) is 22.4. The van der Waals surface area contributed by atoms with Crippen LogP contribution in [0.2, 0.25) is 5.04 Å². The monoisotopic (exact) mass is 452 g/mol. The molecule has 0 radical (unpaired) electrons. The number of nitrogens with zero attached hydrogens (tertiary/aromatic N) is 1. The molecule has 174 valence electrons. The third kappa shape index (κ3) is 3.99. The van der Waals surface area contributed by atoms with Gasteiger partial charge in [0.05, 0.1) is 24.9 Å². The maximum atomic E-state index is 7.60. The number of hydrogen-bond donors (Lipinski definition) is 1. The second-order valence-corrected chi connectivity index (χ2v) is 14.7. The molecule has 2 saturated heterocycles. The van der Waals surface area contributed by atoms with Gasteiger partial charge in [-0.15, -0.1) is 0 Å². The van der Waals surface area contributed by atoms with Crippen LogP contribution in [0.4, 0.5) is 0 Å². The van der Waals surface area contributed by atoms with Gasteiger partial charge >= 0.3 is 0 Å². The Morgan fingerprint density at radius 2 is 1.66 bits per heavy atom. The van der Waals surface area contributed by atoms with E-state index in [1.807, 2.05) is 0 Å². The van der Waals surface area contributed by atoms with E-state index in [-0.39, 0.29) is 16.7 Å². The lowest BCUT2D eigenvalue weighted by Gasteiger charge is -2.52. The Morgan fingerprint density at radius 1 is 1.06 bits per heavy atom. The first-order valence-corrected chi connectivity index (χ1v) is 14.1. The smallest absolute Gasteiger partial charge is 0.261 e. The molecule has 4 rings (SSSR count). The van der Waals surface area contributed by atoms with Crippen LogP contribution in [-0.4, -0.2) is 63.8 Å². The Labute approximate surface area is 195 Å². The lowest BCUT2D eigenvalue weighted by molar-refractivity contribution is -0.0290. The molecule has 3 atom stereocenters. The third-order valence-electron chi connectivity index (χ3n) is 7.64. The first-order chi connectivity index (χ1) is 15.3. The van der Waals surface area contributed by atoms with Crippen molar-refractivity contribution in [2.24, 2.45) is 0 Å². The van der Waals surface area contributed by atoms with Gasteiger partial charge in [0.15, 0.2) is 0 Å². The summed E-state index contributed by atoms with van der Waals surface area (Å²) in [6.45, 7) is 16.2. The number of hydrogen-bond acceptors (Lipinski definition) is 4. The Bertz CT molecular complexity index is 831. The Morgan fingerprint density at radius 3 is 2.16 bits per heavy atom. The molecule has 2 fully saturated rings. The van der Waals surface area contributed by atoms with Gasteiger partial charge in [-0.2, -0.15) is 0 Å². The zero-order valence-electron chi connectivity index (χ0n) is 20.4. The largest absolute Gasteiger partial charge is 0.400 e. The van der Waals surface area contributed by atoms with E-state index in [1.54, 1.807) is 0 Å². The van der Waals surface area contributed by atoms with Crippen molar-refractivity contribution < 1.29 is 9.16 Å². The van der Waals surface area contributed by atoms with Crippen molar-refractivity contribution in [3.8, 4) is 0 Å². The summed E-state index contributed by atoms with van der Waals surface area (Å²) in [6.07, 6.45) is 1.07. The molecule has 0 unspecified atom stereocenters. The minimum Gasteiger partial charge on any atom is -0.400 e. The molecule has 0 aromatic heterocycles. The van der Waals surface area contributed by atoms with Crippen molar-refractivity contribution in [3.05, 3.63) is 60.7 Å². The summed E-state index contributed by atoms with van der Waals surface area (Å²) in [5.74, 6) is 0. The van der Waals surface area contributed by atoms with Crippen LogP contribution >= 0.6 is 0 Å². The second-order valence-electron chi connectivity index (χ2n) is 10.5. The molecule has 2 heterocycles. The average molecular weight is 453 g/mol. The van der Waals surface area contributed by atoms with E-state index in [0.29, 0.717) is 12.6 Å². The van der Waals surface area contributed by atoms with Crippen LogP contribution < -0.4 is 15.7 Å². The second kappa shape index (κ2) is 9.39. The topological polar surface area (TPSA) is 33.7 Å². The number of ether oxygens (including phenoxy) is 1. The molecule has 4 nitrogen and oxygen atoms in total. The highest BCUT2D eigenvalue weighted by Crippen LogP contribution is 2.42. The quantitative estimate of drug-likeness (QED) is 0.681. The van der Waals surface area contributed by atoms with Gasteiger partial charge in [0.2, 0.25) is 0 Å². The zero-order valence-corrected chi connectivity index (χ0v) is 21.4. The molecular weight excluding hydrogens is 412 g/mol. The van der Waals surface area contributed by atoms with Crippen molar-refractivity contribution in [3.63, 3.8) is 0 Å². The highest BCUT2D eigenvalue weighted by atomic mass is 28.4. The molecule has 1 N–H and O–H groups in total. The molecule has 0 bridgehead atoms. The highest BCUT2D eigenvalue weighted by Gasteiger charge is 2.57. The first-order valence-electron chi connectivity index (χ1n) is 12.2. The molecular formula is C27H40N2O2Si. The van der Waals surface area contributed by atoms with Gasteiger partial charge < -0.3 is 14.5 Å². The standard InChI is InChI=1S/C27H40N2O2Si/c1-6-27(29-18-17-28-19-22(29)2)21-30-20-25(27)31-32(26(3,4)5,23-13-9-7-10-14-23)24-15-11-8-12-16-24/h7-16,22,25,28H,6,17-21H2,1-5H3/t22-,25+,27-/m0/s1. The number of nitrogens with one attached hydrogen (secondary N) is 1. The van der Waals surface area contributed by atoms with E-state index in [4.69, 9.17) is 9.16 Å². The van der Waals surface area contributed by atoms with Crippen LogP contribution in [0.5, 0.6) is 0 Å². The molecule has 0 aliphatic carbocycles. The van der Waals surface area contributed by atoms with Gasteiger partial charge in [-0.25, -0.2) is 0 Å². The molecule has 5 heteroatoms. The van der Waals surface area contributed by atoms with Crippen LogP contribution in [0, 0.1) is 0 Å². The third-order valence-corrected chi connectivity index (χ3v) is 12.7. The number of piperazine rings is 1. The fourth-order valence-electron chi connectivity index (χ4n) is 5.94. The van der Waals surface area contributed by atoms with E-state index in [0.717, 1.165) is 32.7 Å². The summed E-state index contributed by atoms with van der Waals surface area (Å²) in [5.41, 5.74) is -0.0887. The van der Waals surface area contributed by atoms with Crippen molar-refractivity contribution in [1.29, 1.82) is 0 Å². The van der Waals surface area contributed by atoms with Gasteiger partial charge in [0.25, 0.3) is 8.32 Å². The predicted octanol–water partition coefficient (Wildman–Crippen LogP) is 3.40. The van der Waals surface area contributed by atoms with Gasteiger partial charge in [-0.1, -0.05) is 88.4 Å².